The number of ether oxygens (including phenoxy) is 1. The van der Waals surface area contributed by atoms with Crippen molar-refractivity contribution in [3.63, 3.8) is 0 Å². The molecule has 0 fully saturated rings. The van der Waals surface area contributed by atoms with Crippen LogP contribution in [0.25, 0.3) is 0 Å². The summed E-state index contributed by atoms with van der Waals surface area (Å²) >= 11 is 5.95. The second-order valence-corrected chi connectivity index (χ2v) is 3.82. The van der Waals surface area contributed by atoms with E-state index in [9.17, 15) is 0 Å². The van der Waals surface area contributed by atoms with Gasteiger partial charge in [-0.1, -0.05) is 23.7 Å². The Bertz CT molecular complexity index is 291. The molecule has 1 aromatic rings. The van der Waals surface area contributed by atoms with Gasteiger partial charge < -0.3 is 10.1 Å². The fourth-order valence-electron chi connectivity index (χ4n) is 1.55. The van der Waals surface area contributed by atoms with Crippen molar-refractivity contribution in [3.05, 3.63) is 34.9 Å². The molecule has 1 atom stereocenters. The van der Waals surface area contributed by atoms with Gasteiger partial charge in [-0.25, -0.2) is 0 Å². The van der Waals surface area contributed by atoms with Gasteiger partial charge in [0.25, 0.3) is 0 Å². The largest absolute Gasteiger partial charge is 0.382 e. The zero-order valence-electron chi connectivity index (χ0n) is 9.29. The monoisotopic (exact) mass is 227 g/mol. The first-order valence-corrected chi connectivity index (χ1v) is 5.66. The summed E-state index contributed by atoms with van der Waals surface area (Å²) in [7, 11) is 1.96. The van der Waals surface area contributed by atoms with Crippen LogP contribution in [0.1, 0.15) is 24.9 Å². The zero-order valence-corrected chi connectivity index (χ0v) is 10.1. The molecule has 0 amide bonds. The minimum Gasteiger partial charge on any atom is -0.382 e. The van der Waals surface area contributed by atoms with Crippen molar-refractivity contribution in [2.75, 3.05) is 20.3 Å². The van der Waals surface area contributed by atoms with Crippen molar-refractivity contribution < 1.29 is 4.74 Å². The quantitative estimate of drug-likeness (QED) is 0.755. The van der Waals surface area contributed by atoms with E-state index >= 15 is 0 Å². The van der Waals surface area contributed by atoms with Crippen LogP contribution in [0.3, 0.4) is 0 Å². The van der Waals surface area contributed by atoms with E-state index in [1.54, 1.807) is 0 Å². The molecule has 1 N–H and O–H groups in total. The fourth-order valence-corrected chi connectivity index (χ4v) is 1.75. The molecule has 2 nitrogen and oxygen atoms in total. The lowest BCUT2D eigenvalue weighted by Gasteiger charge is -2.16. The summed E-state index contributed by atoms with van der Waals surface area (Å²) in [4.78, 5) is 0. The number of nitrogens with one attached hydrogen (secondary N) is 1. The van der Waals surface area contributed by atoms with Crippen LogP contribution in [0.15, 0.2) is 24.3 Å². The molecule has 84 valence electrons. The number of halogens is 1. The van der Waals surface area contributed by atoms with E-state index in [0.29, 0.717) is 6.04 Å². The average Bonchev–Trinajstić information content (AvgIpc) is 2.24. The Morgan fingerprint density at radius 3 is 2.87 bits per heavy atom. The van der Waals surface area contributed by atoms with Crippen LogP contribution in [-0.2, 0) is 4.74 Å². The van der Waals surface area contributed by atoms with E-state index in [4.69, 9.17) is 16.3 Å². The van der Waals surface area contributed by atoms with Gasteiger partial charge in [0.05, 0.1) is 0 Å². The molecule has 0 aliphatic heterocycles. The standard InChI is InChI=1S/C12H18ClNO/c1-3-15-8-7-12(14-2)10-5-4-6-11(13)9-10/h4-6,9,12,14H,3,7-8H2,1-2H3. The predicted octanol–water partition coefficient (Wildman–Crippen LogP) is 3.03. The molecule has 3 heteroatoms. The smallest absolute Gasteiger partial charge is 0.0484 e. The molecule has 0 saturated heterocycles. The first-order chi connectivity index (χ1) is 7.27. The lowest BCUT2D eigenvalue weighted by molar-refractivity contribution is 0.137. The first-order valence-electron chi connectivity index (χ1n) is 5.28. The first kappa shape index (κ1) is 12.5. The van der Waals surface area contributed by atoms with Gasteiger partial charge in [0.1, 0.15) is 0 Å². The lowest BCUT2D eigenvalue weighted by atomic mass is 10.0. The van der Waals surface area contributed by atoms with Gasteiger partial charge in [-0.15, -0.1) is 0 Å². The summed E-state index contributed by atoms with van der Waals surface area (Å²) in [6.07, 6.45) is 0.963. The van der Waals surface area contributed by atoms with Gasteiger partial charge in [0.2, 0.25) is 0 Å². The molecule has 0 aliphatic carbocycles. The van der Waals surface area contributed by atoms with E-state index in [2.05, 4.69) is 11.4 Å². The van der Waals surface area contributed by atoms with Crippen molar-refractivity contribution in [2.45, 2.75) is 19.4 Å². The van der Waals surface area contributed by atoms with Gasteiger partial charge in [-0.05, 0) is 38.1 Å². The molecule has 1 aromatic carbocycles. The van der Waals surface area contributed by atoms with Crippen LogP contribution in [0.2, 0.25) is 5.02 Å². The Morgan fingerprint density at radius 1 is 1.47 bits per heavy atom. The van der Waals surface area contributed by atoms with Crippen LogP contribution in [-0.4, -0.2) is 20.3 Å². The van der Waals surface area contributed by atoms with Crippen LogP contribution in [0.4, 0.5) is 0 Å². The number of hydrogen-bond donors (Lipinski definition) is 1. The second kappa shape index (κ2) is 6.83. The summed E-state index contributed by atoms with van der Waals surface area (Å²) in [6.45, 7) is 3.55. The van der Waals surface area contributed by atoms with E-state index in [-0.39, 0.29) is 0 Å². The maximum Gasteiger partial charge on any atom is 0.0484 e. The lowest BCUT2D eigenvalue weighted by Crippen LogP contribution is -2.18. The highest BCUT2D eigenvalue weighted by Gasteiger charge is 2.08. The van der Waals surface area contributed by atoms with E-state index in [0.717, 1.165) is 24.7 Å². The number of benzene rings is 1. The summed E-state index contributed by atoms with van der Waals surface area (Å²) in [5.41, 5.74) is 1.21. The zero-order chi connectivity index (χ0) is 11.1. The molecule has 0 bridgehead atoms. The van der Waals surface area contributed by atoms with Gasteiger partial charge in [0.15, 0.2) is 0 Å². The maximum absolute atomic E-state index is 5.95. The Hall–Kier alpha value is -0.570. The minimum absolute atomic E-state index is 0.315. The third kappa shape index (κ3) is 4.20. The SMILES string of the molecule is CCOCCC(NC)c1cccc(Cl)c1. The predicted molar refractivity (Wildman–Crippen MR) is 64.4 cm³/mol. The molecule has 15 heavy (non-hydrogen) atoms. The van der Waals surface area contributed by atoms with E-state index < -0.39 is 0 Å². The Kier molecular flexibility index (Phi) is 5.69. The Balaban J connectivity index is 2.57. The molecular weight excluding hydrogens is 210 g/mol. The fraction of sp³-hybridized carbons (Fsp3) is 0.500. The van der Waals surface area contributed by atoms with Crippen molar-refractivity contribution in [1.82, 2.24) is 5.32 Å². The molecule has 0 spiro atoms. The molecule has 0 heterocycles. The average molecular weight is 228 g/mol. The second-order valence-electron chi connectivity index (χ2n) is 3.38. The van der Waals surface area contributed by atoms with Crippen molar-refractivity contribution >= 4 is 11.6 Å². The summed E-state index contributed by atoms with van der Waals surface area (Å²) in [6, 6.07) is 8.26. The van der Waals surface area contributed by atoms with Crippen molar-refractivity contribution in [2.24, 2.45) is 0 Å². The highest BCUT2D eigenvalue weighted by atomic mass is 35.5. The normalized spacial score (nSPS) is 12.7. The molecule has 1 rings (SSSR count). The van der Waals surface area contributed by atoms with Crippen LogP contribution in [0, 0.1) is 0 Å². The molecule has 0 radical (unpaired) electrons. The van der Waals surface area contributed by atoms with Gasteiger partial charge >= 0.3 is 0 Å². The van der Waals surface area contributed by atoms with Crippen molar-refractivity contribution in [3.8, 4) is 0 Å². The summed E-state index contributed by atoms with van der Waals surface area (Å²) in [5.74, 6) is 0. The third-order valence-electron chi connectivity index (χ3n) is 2.35. The van der Waals surface area contributed by atoms with E-state index in [1.807, 2.05) is 32.2 Å². The maximum atomic E-state index is 5.95. The third-order valence-corrected chi connectivity index (χ3v) is 2.59. The summed E-state index contributed by atoms with van der Waals surface area (Å²) in [5, 5.41) is 4.05. The molecule has 0 aliphatic rings. The highest BCUT2D eigenvalue weighted by molar-refractivity contribution is 6.30. The number of rotatable bonds is 6. The van der Waals surface area contributed by atoms with Gasteiger partial charge in [0, 0.05) is 24.3 Å². The Morgan fingerprint density at radius 2 is 2.27 bits per heavy atom. The molecular formula is C12H18ClNO. The van der Waals surface area contributed by atoms with Crippen LogP contribution >= 0.6 is 11.6 Å². The van der Waals surface area contributed by atoms with Gasteiger partial charge in [-0.3, -0.25) is 0 Å². The highest BCUT2D eigenvalue weighted by Crippen LogP contribution is 2.19. The van der Waals surface area contributed by atoms with Crippen LogP contribution in [0.5, 0.6) is 0 Å². The van der Waals surface area contributed by atoms with Crippen molar-refractivity contribution in [1.29, 1.82) is 0 Å². The van der Waals surface area contributed by atoms with Crippen LogP contribution < -0.4 is 5.32 Å². The molecule has 1 unspecified atom stereocenters. The topological polar surface area (TPSA) is 21.3 Å². The molecule has 0 aromatic heterocycles. The van der Waals surface area contributed by atoms with Gasteiger partial charge in [-0.2, -0.15) is 0 Å². The van der Waals surface area contributed by atoms with E-state index in [1.165, 1.54) is 5.56 Å². The minimum atomic E-state index is 0.315. The number of hydrogen-bond acceptors (Lipinski definition) is 2. The Labute approximate surface area is 96.6 Å². The molecule has 0 saturated carbocycles. The summed E-state index contributed by atoms with van der Waals surface area (Å²) < 4.78 is 5.34.